The minimum absolute atomic E-state index is 0.272. The van der Waals surface area contributed by atoms with Crippen molar-refractivity contribution in [1.82, 2.24) is 0 Å². The highest BCUT2D eigenvalue weighted by atomic mass is 32.2. The summed E-state index contributed by atoms with van der Waals surface area (Å²) in [4.78, 5) is 1.23. The van der Waals surface area contributed by atoms with E-state index >= 15 is 0 Å². The summed E-state index contributed by atoms with van der Waals surface area (Å²) in [5.74, 6) is 0.457. The lowest BCUT2D eigenvalue weighted by Gasteiger charge is -2.07. The largest absolute Gasteiger partial charge is 0.399 e. The van der Waals surface area contributed by atoms with Gasteiger partial charge in [-0.05, 0) is 49.2 Å². The minimum atomic E-state index is -0.272. The van der Waals surface area contributed by atoms with Crippen molar-refractivity contribution in [3.05, 3.63) is 58.9 Å². The maximum absolute atomic E-state index is 13.2. The Morgan fingerprint density at radius 2 is 1.89 bits per heavy atom. The van der Waals surface area contributed by atoms with E-state index in [1.165, 1.54) is 28.2 Å². The Bertz CT molecular complexity index is 546. The van der Waals surface area contributed by atoms with Crippen LogP contribution in [0.1, 0.15) is 16.7 Å². The third-order valence-electron chi connectivity index (χ3n) is 2.72. The van der Waals surface area contributed by atoms with Gasteiger partial charge < -0.3 is 5.73 Å². The second kappa shape index (κ2) is 5.44. The summed E-state index contributed by atoms with van der Waals surface area (Å²) in [5.41, 5.74) is 9.51. The van der Waals surface area contributed by atoms with E-state index in [1.54, 1.807) is 11.8 Å². The van der Waals surface area contributed by atoms with Gasteiger partial charge in [-0.3, -0.25) is 0 Å². The van der Waals surface area contributed by atoms with Crippen LogP contribution in [-0.4, -0.2) is 0 Å². The van der Waals surface area contributed by atoms with Gasteiger partial charge in [0.2, 0.25) is 0 Å². The molecule has 0 aromatic heterocycles. The van der Waals surface area contributed by atoms with Gasteiger partial charge in [0.15, 0.2) is 0 Å². The van der Waals surface area contributed by atoms with Crippen molar-refractivity contribution in [2.24, 2.45) is 0 Å². The maximum Gasteiger partial charge on any atom is 0.125 e. The number of nitrogens with two attached hydrogens (primary N) is 1. The summed E-state index contributed by atoms with van der Waals surface area (Å²) >= 11 is 1.71. The molecule has 0 atom stereocenters. The molecule has 0 amide bonds. The highest BCUT2D eigenvalue weighted by molar-refractivity contribution is 7.98. The molecule has 2 aromatic rings. The molecule has 94 valence electrons. The van der Waals surface area contributed by atoms with Crippen LogP contribution in [0.4, 0.5) is 10.1 Å². The number of nitrogen functional groups attached to an aromatic ring is 1. The molecule has 1 nitrogen and oxygen atoms in total. The summed E-state index contributed by atoms with van der Waals surface area (Å²) in [6.07, 6.45) is 0. The van der Waals surface area contributed by atoms with Crippen LogP contribution in [0.3, 0.4) is 0 Å². The number of hydrogen-bond acceptors (Lipinski definition) is 2. The van der Waals surface area contributed by atoms with Crippen LogP contribution >= 0.6 is 11.8 Å². The summed E-state index contributed by atoms with van der Waals surface area (Å²) in [7, 11) is 0. The fraction of sp³-hybridized carbons (Fsp3) is 0.200. The third-order valence-corrected chi connectivity index (χ3v) is 3.95. The van der Waals surface area contributed by atoms with Crippen molar-refractivity contribution < 1.29 is 4.39 Å². The molecule has 0 spiro atoms. The van der Waals surface area contributed by atoms with Gasteiger partial charge in [-0.25, -0.2) is 4.39 Å². The first kappa shape index (κ1) is 13.0. The van der Waals surface area contributed by atoms with Gasteiger partial charge >= 0.3 is 0 Å². The predicted molar refractivity (Wildman–Crippen MR) is 76.3 cm³/mol. The zero-order valence-corrected chi connectivity index (χ0v) is 11.4. The lowest BCUT2D eigenvalue weighted by molar-refractivity contribution is 0.627. The Morgan fingerprint density at radius 3 is 2.61 bits per heavy atom. The maximum atomic E-state index is 13.2. The minimum Gasteiger partial charge on any atom is -0.399 e. The van der Waals surface area contributed by atoms with Gasteiger partial charge in [0.1, 0.15) is 5.82 Å². The third kappa shape index (κ3) is 3.26. The number of thioether (sulfide) groups is 1. The Morgan fingerprint density at radius 1 is 1.11 bits per heavy atom. The van der Waals surface area contributed by atoms with E-state index in [-0.39, 0.29) is 5.82 Å². The van der Waals surface area contributed by atoms with E-state index in [4.69, 9.17) is 5.73 Å². The summed E-state index contributed by atoms with van der Waals surface area (Å²) < 4.78 is 13.2. The average molecular weight is 261 g/mol. The first-order chi connectivity index (χ1) is 8.54. The molecule has 2 aromatic carbocycles. The molecule has 0 saturated carbocycles. The van der Waals surface area contributed by atoms with Gasteiger partial charge in [0, 0.05) is 16.3 Å². The number of rotatable bonds is 3. The molecule has 0 bridgehead atoms. The Kier molecular flexibility index (Phi) is 3.92. The second-order valence-corrected chi connectivity index (χ2v) is 5.47. The molecule has 2 N–H and O–H groups in total. The number of benzene rings is 2. The van der Waals surface area contributed by atoms with Gasteiger partial charge in [-0.1, -0.05) is 17.7 Å². The highest BCUT2D eigenvalue weighted by Gasteiger charge is 2.03. The normalized spacial score (nSPS) is 10.6. The summed E-state index contributed by atoms with van der Waals surface area (Å²) in [6, 6.07) is 11.1. The molecular formula is C15H16FNS. The first-order valence-electron chi connectivity index (χ1n) is 5.79. The highest BCUT2D eigenvalue weighted by Crippen LogP contribution is 2.27. The molecule has 3 heteroatoms. The monoisotopic (exact) mass is 261 g/mol. The van der Waals surface area contributed by atoms with Crippen molar-refractivity contribution in [1.29, 1.82) is 0 Å². The van der Waals surface area contributed by atoms with Crippen LogP contribution in [0.25, 0.3) is 0 Å². The van der Waals surface area contributed by atoms with E-state index in [0.717, 1.165) is 11.3 Å². The zero-order chi connectivity index (χ0) is 13.1. The Labute approximate surface area is 111 Å². The van der Waals surface area contributed by atoms with Crippen LogP contribution in [0.15, 0.2) is 41.3 Å². The quantitative estimate of drug-likeness (QED) is 0.658. The number of halogens is 1. The van der Waals surface area contributed by atoms with Crippen LogP contribution in [0, 0.1) is 19.7 Å². The van der Waals surface area contributed by atoms with E-state index in [9.17, 15) is 4.39 Å². The van der Waals surface area contributed by atoms with E-state index in [2.05, 4.69) is 32.0 Å². The van der Waals surface area contributed by atoms with E-state index in [0.29, 0.717) is 5.69 Å². The molecule has 18 heavy (non-hydrogen) atoms. The lowest BCUT2D eigenvalue weighted by Crippen LogP contribution is -1.91. The molecule has 0 aliphatic rings. The molecule has 0 aliphatic heterocycles. The molecular weight excluding hydrogens is 245 g/mol. The molecule has 0 unspecified atom stereocenters. The number of hydrogen-bond donors (Lipinski definition) is 1. The Hall–Kier alpha value is -1.48. The second-order valence-electron chi connectivity index (χ2n) is 4.45. The SMILES string of the molecule is Cc1ccc(C)c(SCc2cc(N)cc(F)c2)c1. The summed E-state index contributed by atoms with van der Waals surface area (Å²) in [6.45, 7) is 4.16. The number of aryl methyl sites for hydroxylation is 2. The molecule has 0 saturated heterocycles. The Balaban J connectivity index is 2.13. The van der Waals surface area contributed by atoms with Gasteiger partial charge in [-0.2, -0.15) is 0 Å². The topological polar surface area (TPSA) is 26.0 Å². The summed E-state index contributed by atoms with van der Waals surface area (Å²) in [5, 5.41) is 0. The average Bonchev–Trinajstić information content (AvgIpc) is 2.29. The molecule has 0 heterocycles. The van der Waals surface area contributed by atoms with Gasteiger partial charge in [0.25, 0.3) is 0 Å². The van der Waals surface area contributed by atoms with E-state index in [1.807, 2.05) is 6.07 Å². The van der Waals surface area contributed by atoms with E-state index < -0.39 is 0 Å². The fourth-order valence-electron chi connectivity index (χ4n) is 1.78. The van der Waals surface area contributed by atoms with Crippen molar-refractivity contribution in [2.45, 2.75) is 24.5 Å². The zero-order valence-electron chi connectivity index (χ0n) is 10.5. The molecule has 2 rings (SSSR count). The van der Waals surface area contributed by atoms with Crippen molar-refractivity contribution >= 4 is 17.4 Å². The first-order valence-corrected chi connectivity index (χ1v) is 6.78. The number of anilines is 1. The van der Waals surface area contributed by atoms with Gasteiger partial charge in [-0.15, -0.1) is 11.8 Å². The molecule has 0 radical (unpaired) electrons. The standard InChI is InChI=1S/C15H16FNS/c1-10-3-4-11(2)15(5-10)18-9-12-6-13(16)8-14(17)7-12/h3-8H,9,17H2,1-2H3. The van der Waals surface area contributed by atoms with Gasteiger partial charge in [0.05, 0.1) is 0 Å². The predicted octanol–water partition coefficient (Wildman–Crippen LogP) is 4.32. The van der Waals surface area contributed by atoms with Crippen LogP contribution in [0.2, 0.25) is 0 Å². The van der Waals surface area contributed by atoms with Crippen LogP contribution in [-0.2, 0) is 5.75 Å². The van der Waals surface area contributed by atoms with Crippen LogP contribution < -0.4 is 5.73 Å². The molecule has 0 aliphatic carbocycles. The molecule has 0 fully saturated rings. The van der Waals surface area contributed by atoms with Crippen molar-refractivity contribution in [3.63, 3.8) is 0 Å². The van der Waals surface area contributed by atoms with Crippen LogP contribution in [0.5, 0.6) is 0 Å². The van der Waals surface area contributed by atoms with Crippen molar-refractivity contribution in [2.75, 3.05) is 5.73 Å². The smallest absolute Gasteiger partial charge is 0.125 e. The fourth-order valence-corrected chi connectivity index (χ4v) is 2.84. The van der Waals surface area contributed by atoms with Crippen molar-refractivity contribution in [3.8, 4) is 0 Å². The lowest BCUT2D eigenvalue weighted by atomic mass is 10.2.